The van der Waals surface area contributed by atoms with Gasteiger partial charge in [-0.05, 0) is 67.9 Å². The van der Waals surface area contributed by atoms with Gasteiger partial charge in [0.05, 0.1) is 0 Å². The van der Waals surface area contributed by atoms with E-state index in [4.69, 9.17) is 4.98 Å². The lowest BCUT2D eigenvalue weighted by molar-refractivity contribution is 0.312. The van der Waals surface area contributed by atoms with Gasteiger partial charge in [0.1, 0.15) is 17.2 Å². The SMILES string of the molecule is Cc1ccc(O)c(C)c1-c1cnc2[nH]c(-c3ccc(N4CCN(C)CC4)nc3)cc2c1. The summed E-state index contributed by atoms with van der Waals surface area (Å²) in [5.41, 5.74) is 6.93. The van der Waals surface area contributed by atoms with Crippen LogP contribution in [0.25, 0.3) is 33.4 Å². The molecule has 158 valence electrons. The van der Waals surface area contributed by atoms with E-state index in [-0.39, 0.29) is 0 Å². The number of aromatic amines is 1. The number of aromatic nitrogens is 3. The number of nitrogens with one attached hydrogen (secondary N) is 1. The molecule has 5 rings (SSSR count). The van der Waals surface area contributed by atoms with Crippen LogP contribution >= 0.6 is 0 Å². The number of aromatic hydroxyl groups is 1. The lowest BCUT2D eigenvalue weighted by atomic mass is 9.96. The number of benzene rings is 1. The molecule has 31 heavy (non-hydrogen) atoms. The number of aryl methyl sites for hydroxylation is 1. The Bertz CT molecular complexity index is 1240. The summed E-state index contributed by atoms with van der Waals surface area (Å²) in [5.74, 6) is 1.34. The predicted octanol–water partition coefficient (Wildman–Crippen LogP) is 4.37. The molecular weight excluding hydrogens is 386 g/mol. The molecule has 1 fully saturated rings. The van der Waals surface area contributed by atoms with Gasteiger partial charge in [-0.1, -0.05) is 6.07 Å². The number of likely N-dealkylation sites (N-methyl/N-ethyl adjacent to an activating group) is 1. The molecule has 4 aromatic rings. The highest BCUT2D eigenvalue weighted by Crippen LogP contribution is 2.34. The Kier molecular flexibility index (Phi) is 4.87. The molecule has 0 radical (unpaired) electrons. The van der Waals surface area contributed by atoms with Crippen molar-refractivity contribution in [3.05, 3.63) is 59.9 Å². The number of phenolic OH excluding ortho intramolecular Hbond substituents is 1. The number of pyridine rings is 2. The van der Waals surface area contributed by atoms with Gasteiger partial charge in [-0.25, -0.2) is 9.97 Å². The Morgan fingerprint density at radius 3 is 2.42 bits per heavy atom. The molecular formula is C25H27N5O. The molecule has 0 atom stereocenters. The summed E-state index contributed by atoms with van der Waals surface area (Å²) in [4.78, 5) is 17.4. The van der Waals surface area contributed by atoms with Gasteiger partial charge in [0.2, 0.25) is 0 Å². The maximum Gasteiger partial charge on any atom is 0.137 e. The molecule has 0 spiro atoms. The lowest BCUT2D eigenvalue weighted by Crippen LogP contribution is -2.44. The molecule has 0 aliphatic carbocycles. The monoisotopic (exact) mass is 413 g/mol. The highest BCUT2D eigenvalue weighted by atomic mass is 16.3. The average Bonchev–Trinajstić information content (AvgIpc) is 3.21. The Morgan fingerprint density at radius 2 is 1.68 bits per heavy atom. The quantitative estimate of drug-likeness (QED) is 0.522. The molecule has 1 aromatic carbocycles. The second-order valence-corrected chi connectivity index (χ2v) is 8.44. The van der Waals surface area contributed by atoms with Crippen LogP contribution in [-0.2, 0) is 0 Å². The Hall–Kier alpha value is -3.38. The number of phenols is 1. The third-order valence-corrected chi connectivity index (χ3v) is 6.29. The second-order valence-electron chi connectivity index (χ2n) is 8.44. The molecule has 1 aliphatic heterocycles. The molecule has 6 heteroatoms. The van der Waals surface area contributed by atoms with Crippen molar-refractivity contribution < 1.29 is 5.11 Å². The number of piperazine rings is 1. The topological polar surface area (TPSA) is 68.3 Å². The van der Waals surface area contributed by atoms with E-state index in [0.717, 1.165) is 76.5 Å². The Morgan fingerprint density at radius 1 is 0.903 bits per heavy atom. The first-order valence-electron chi connectivity index (χ1n) is 10.7. The Balaban J connectivity index is 1.45. The molecule has 0 unspecified atom stereocenters. The van der Waals surface area contributed by atoms with Crippen LogP contribution in [0.2, 0.25) is 0 Å². The van der Waals surface area contributed by atoms with E-state index in [0.29, 0.717) is 5.75 Å². The van der Waals surface area contributed by atoms with Crippen molar-refractivity contribution in [2.75, 3.05) is 38.1 Å². The number of nitrogens with zero attached hydrogens (tertiary/aromatic N) is 4. The summed E-state index contributed by atoms with van der Waals surface area (Å²) in [6.07, 6.45) is 3.80. The number of hydrogen-bond donors (Lipinski definition) is 2. The van der Waals surface area contributed by atoms with Crippen LogP contribution in [0, 0.1) is 13.8 Å². The van der Waals surface area contributed by atoms with Crippen molar-refractivity contribution in [2.24, 2.45) is 0 Å². The minimum atomic E-state index is 0.307. The molecule has 4 heterocycles. The first kappa shape index (κ1) is 19.6. The number of anilines is 1. The molecule has 3 aromatic heterocycles. The minimum Gasteiger partial charge on any atom is -0.508 e. The van der Waals surface area contributed by atoms with Crippen molar-refractivity contribution in [2.45, 2.75) is 13.8 Å². The van der Waals surface area contributed by atoms with Crippen LogP contribution in [-0.4, -0.2) is 58.2 Å². The van der Waals surface area contributed by atoms with Gasteiger partial charge in [-0.2, -0.15) is 0 Å². The second kappa shape index (κ2) is 7.71. The largest absolute Gasteiger partial charge is 0.508 e. The van der Waals surface area contributed by atoms with E-state index in [9.17, 15) is 5.11 Å². The van der Waals surface area contributed by atoms with E-state index in [1.165, 1.54) is 0 Å². The number of H-pyrrole nitrogens is 1. The van der Waals surface area contributed by atoms with Crippen LogP contribution in [0.4, 0.5) is 5.82 Å². The summed E-state index contributed by atoms with van der Waals surface area (Å²) < 4.78 is 0. The fourth-order valence-corrected chi connectivity index (χ4v) is 4.36. The van der Waals surface area contributed by atoms with Crippen LogP contribution in [0.3, 0.4) is 0 Å². The molecule has 2 N–H and O–H groups in total. The van der Waals surface area contributed by atoms with Crippen molar-refractivity contribution >= 4 is 16.9 Å². The maximum absolute atomic E-state index is 10.1. The van der Waals surface area contributed by atoms with Gasteiger partial charge in [0.25, 0.3) is 0 Å². The van der Waals surface area contributed by atoms with E-state index in [1.54, 1.807) is 6.07 Å². The fraction of sp³-hybridized carbons (Fsp3) is 0.280. The van der Waals surface area contributed by atoms with Crippen LogP contribution in [0.15, 0.2) is 48.8 Å². The van der Waals surface area contributed by atoms with E-state index < -0.39 is 0 Å². The summed E-state index contributed by atoms with van der Waals surface area (Å²) in [5, 5.41) is 11.2. The lowest BCUT2D eigenvalue weighted by Gasteiger charge is -2.33. The van der Waals surface area contributed by atoms with Crippen LogP contribution in [0.5, 0.6) is 5.75 Å². The van der Waals surface area contributed by atoms with Gasteiger partial charge < -0.3 is 19.9 Å². The maximum atomic E-state index is 10.1. The molecule has 6 nitrogen and oxygen atoms in total. The van der Waals surface area contributed by atoms with Crippen molar-refractivity contribution in [1.29, 1.82) is 0 Å². The van der Waals surface area contributed by atoms with Crippen LogP contribution < -0.4 is 4.90 Å². The molecule has 1 aliphatic rings. The molecule has 0 amide bonds. The van der Waals surface area contributed by atoms with E-state index >= 15 is 0 Å². The van der Waals surface area contributed by atoms with Gasteiger partial charge >= 0.3 is 0 Å². The van der Waals surface area contributed by atoms with Crippen molar-refractivity contribution in [3.8, 4) is 28.1 Å². The normalized spacial score (nSPS) is 15.0. The first-order chi connectivity index (χ1) is 15.0. The third-order valence-electron chi connectivity index (χ3n) is 6.29. The number of hydrogen-bond acceptors (Lipinski definition) is 5. The van der Waals surface area contributed by atoms with E-state index in [1.807, 2.05) is 25.4 Å². The smallest absolute Gasteiger partial charge is 0.137 e. The average molecular weight is 414 g/mol. The van der Waals surface area contributed by atoms with Gasteiger partial charge in [-0.15, -0.1) is 0 Å². The van der Waals surface area contributed by atoms with Gasteiger partial charge in [-0.3, -0.25) is 0 Å². The highest BCUT2D eigenvalue weighted by molar-refractivity contribution is 5.87. The zero-order valence-electron chi connectivity index (χ0n) is 18.2. The number of rotatable bonds is 3. The summed E-state index contributed by atoms with van der Waals surface area (Å²) in [6, 6.07) is 12.2. The molecule has 0 bridgehead atoms. The van der Waals surface area contributed by atoms with Crippen molar-refractivity contribution in [3.63, 3.8) is 0 Å². The first-order valence-corrected chi connectivity index (χ1v) is 10.7. The van der Waals surface area contributed by atoms with E-state index in [2.05, 4.69) is 58.0 Å². The summed E-state index contributed by atoms with van der Waals surface area (Å²) in [7, 11) is 2.16. The van der Waals surface area contributed by atoms with Gasteiger partial charge in [0.15, 0.2) is 0 Å². The predicted molar refractivity (Wildman–Crippen MR) is 126 cm³/mol. The minimum absolute atomic E-state index is 0.307. The van der Waals surface area contributed by atoms with Crippen LogP contribution in [0.1, 0.15) is 11.1 Å². The standard InChI is InChI=1S/C25H27N5O/c1-16-4-6-22(31)17(2)24(16)20-12-19-13-21(28-25(19)27-15-20)18-5-7-23(26-14-18)30-10-8-29(3)9-11-30/h4-7,12-15,31H,8-11H2,1-3H3,(H,27,28). The summed E-state index contributed by atoms with van der Waals surface area (Å²) in [6.45, 7) is 8.15. The third kappa shape index (κ3) is 3.64. The molecule has 0 saturated carbocycles. The zero-order chi connectivity index (χ0) is 21.5. The zero-order valence-corrected chi connectivity index (χ0v) is 18.2. The number of fused-ring (bicyclic) bond motifs is 1. The van der Waals surface area contributed by atoms with Crippen molar-refractivity contribution in [1.82, 2.24) is 19.9 Å². The molecule has 1 saturated heterocycles. The van der Waals surface area contributed by atoms with Gasteiger partial charge in [0, 0.05) is 60.8 Å². The highest BCUT2D eigenvalue weighted by Gasteiger charge is 2.16. The fourth-order valence-electron chi connectivity index (χ4n) is 4.36. The Labute approximate surface area is 182 Å². The summed E-state index contributed by atoms with van der Waals surface area (Å²) >= 11 is 0.